The SMILES string of the molecule is CC(=O)Nc1ccc(S(=O)(=O)Oc2ccccc2/C=N\NC(=O)C(O)(c2ccccc2)c2ccccc2)cc1. The van der Waals surface area contributed by atoms with E-state index in [1.165, 1.54) is 43.5 Å². The predicted molar refractivity (Wildman–Crippen MR) is 147 cm³/mol. The summed E-state index contributed by atoms with van der Waals surface area (Å²) < 4.78 is 31.1. The minimum atomic E-state index is -4.22. The Bertz CT molecular complexity index is 1550. The van der Waals surface area contributed by atoms with Gasteiger partial charge in [0.05, 0.1) is 6.21 Å². The third-order valence-corrected chi connectivity index (χ3v) is 6.91. The van der Waals surface area contributed by atoms with E-state index < -0.39 is 21.6 Å². The summed E-state index contributed by atoms with van der Waals surface area (Å²) in [5, 5.41) is 18.0. The number of hydrogen-bond donors (Lipinski definition) is 3. The lowest BCUT2D eigenvalue weighted by atomic mass is 9.85. The van der Waals surface area contributed by atoms with Crippen molar-refractivity contribution in [2.75, 3.05) is 5.32 Å². The molecule has 39 heavy (non-hydrogen) atoms. The fourth-order valence-electron chi connectivity index (χ4n) is 3.77. The summed E-state index contributed by atoms with van der Waals surface area (Å²) in [6.45, 7) is 1.35. The molecule has 10 heteroatoms. The first-order valence-electron chi connectivity index (χ1n) is 11.8. The minimum Gasteiger partial charge on any atom is -0.378 e. The number of carbonyl (C=O) groups is 2. The average Bonchev–Trinajstić information content (AvgIpc) is 2.94. The molecule has 2 amide bonds. The van der Waals surface area contributed by atoms with Crippen LogP contribution in [0, 0.1) is 0 Å². The Kier molecular flexibility index (Phi) is 8.18. The number of benzene rings is 4. The molecular formula is C29H25N3O6S. The highest BCUT2D eigenvalue weighted by Crippen LogP contribution is 2.30. The molecule has 0 atom stereocenters. The standard InChI is InChI=1S/C29H25N3O6S/c1-21(33)31-25-16-18-26(19-17-25)39(36,37)38-27-15-9-8-10-22(27)20-30-32-28(34)29(35,23-11-4-2-5-12-23)24-13-6-3-7-14-24/h2-20,35H,1H3,(H,31,33)(H,32,34)/b30-20-. The molecule has 0 bridgehead atoms. The maximum atomic E-state index is 13.2. The maximum absolute atomic E-state index is 13.2. The summed E-state index contributed by atoms with van der Waals surface area (Å²) in [6.07, 6.45) is 1.22. The van der Waals surface area contributed by atoms with E-state index in [0.717, 1.165) is 0 Å². The number of anilines is 1. The largest absolute Gasteiger partial charge is 0.378 e. The molecule has 0 saturated heterocycles. The number of para-hydroxylation sites is 1. The molecule has 0 spiro atoms. The predicted octanol–water partition coefficient (Wildman–Crippen LogP) is 3.80. The maximum Gasteiger partial charge on any atom is 0.339 e. The third kappa shape index (κ3) is 6.38. The van der Waals surface area contributed by atoms with Crippen LogP contribution in [0.5, 0.6) is 5.75 Å². The van der Waals surface area contributed by atoms with E-state index in [0.29, 0.717) is 16.8 Å². The van der Waals surface area contributed by atoms with Crippen LogP contribution in [0.3, 0.4) is 0 Å². The second kappa shape index (κ2) is 11.7. The van der Waals surface area contributed by atoms with Gasteiger partial charge in [-0.2, -0.15) is 13.5 Å². The van der Waals surface area contributed by atoms with E-state index in [2.05, 4.69) is 15.8 Å². The summed E-state index contributed by atoms with van der Waals surface area (Å²) >= 11 is 0. The van der Waals surface area contributed by atoms with Gasteiger partial charge in [0.2, 0.25) is 5.91 Å². The van der Waals surface area contributed by atoms with Gasteiger partial charge < -0.3 is 14.6 Å². The van der Waals surface area contributed by atoms with Gasteiger partial charge in [0.25, 0.3) is 5.91 Å². The van der Waals surface area contributed by atoms with Crippen LogP contribution in [-0.2, 0) is 25.3 Å². The number of aliphatic hydroxyl groups is 1. The van der Waals surface area contributed by atoms with Crippen LogP contribution in [0.25, 0.3) is 0 Å². The monoisotopic (exact) mass is 543 g/mol. The van der Waals surface area contributed by atoms with Crippen molar-refractivity contribution in [3.8, 4) is 5.75 Å². The summed E-state index contributed by atoms with van der Waals surface area (Å²) in [7, 11) is -4.22. The summed E-state index contributed by atoms with van der Waals surface area (Å²) in [5.41, 5.74) is 1.73. The lowest BCUT2D eigenvalue weighted by Gasteiger charge is -2.27. The van der Waals surface area contributed by atoms with Gasteiger partial charge in [0.1, 0.15) is 4.90 Å². The van der Waals surface area contributed by atoms with E-state index in [1.807, 2.05) is 0 Å². The normalized spacial score (nSPS) is 11.6. The molecule has 4 rings (SSSR count). The molecule has 4 aromatic rings. The second-order valence-corrected chi connectivity index (χ2v) is 9.97. The Morgan fingerprint density at radius 1 is 0.821 bits per heavy atom. The van der Waals surface area contributed by atoms with Gasteiger partial charge in [0, 0.05) is 18.2 Å². The third-order valence-electron chi connectivity index (χ3n) is 5.66. The van der Waals surface area contributed by atoms with E-state index in [-0.39, 0.29) is 22.1 Å². The van der Waals surface area contributed by atoms with Gasteiger partial charge in [0.15, 0.2) is 11.4 Å². The Hall–Kier alpha value is -4.80. The lowest BCUT2D eigenvalue weighted by molar-refractivity contribution is -0.136. The Balaban J connectivity index is 1.54. The molecule has 0 fully saturated rings. The van der Waals surface area contributed by atoms with Crippen molar-refractivity contribution >= 4 is 33.8 Å². The fourth-order valence-corrected chi connectivity index (χ4v) is 4.72. The highest BCUT2D eigenvalue weighted by molar-refractivity contribution is 7.87. The number of rotatable bonds is 9. The van der Waals surface area contributed by atoms with Crippen molar-refractivity contribution in [1.82, 2.24) is 5.43 Å². The van der Waals surface area contributed by atoms with E-state index in [1.54, 1.807) is 78.9 Å². The molecule has 9 nitrogen and oxygen atoms in total. The summed E-state index contributed by atoms with van der Waals surface area (Å²) in [5.74, 6) is -1.11. The molecule has 0 heterocycles. The van der Waals surface area contributed by atoms with Gasteiger partial charge in [-0.15, -0.1) is 0 Å². The molecule has 198 valence electrons. The van der Waals surface area contributed by atoms with Crippen LogP contribution in [0.1, 0.15) is 23.6 Å². The number of carbonyl (C=O) groups excluding carboxylic acids is 2. The number of amides is 2. The van der Waals surface area contributed by atoms with Crippen molar-refractivity contribution < 1.29 is 27.3 Å². The zero-order valence-electron chi connectivity index (χ0n) is 20.8. The highest BCUT2D eigenvalue weighted by Gasteiger charge is 2.39. The number of nitrogens with zero attached hydrogens (tertiary/aromatic N) is 1. The molecular weight excluding hydrogens is 518 g/mol. The number of hydrogen-bond acceptors (Lipinski definition) is 7. The van der Waals surface area contributed by atoms with Gasteiger partial charge in [-0.1, -0.05) is 72.8 Å². The van der Waals surface area contributed by atoms with Crippen molar-refractivity contribution in [2.45, 2.75) is 17.4 Å². The van der Waals surface area contributed by atoms with Crippen LogP contribution in [0.2, 0.25) is 0 Å². The molecule has 3 N–H and O–H groups in total. The molecule has 0 aromatic heterocycles. The Morgan fingerprint density at radius 2 is 1.36 bits per heavy atom. The highest BCUT2D eigenvalue weighted by atomic mass is 32.2. The molecule has 0 radical (unpaired) electrons. The number of hydrazone groups is 1. The quantitative estimate of drug-likeness (QED) is 0.167. The van der Waals surface area contributed by atoms with Gasteiger partial charge >= 0.3 is 10.1 Å². The van der Waals surface area contributed by atoms with Gasteiger partial charge in [-0.25, -0.2) is 5.43 Å². The summed E-state index contributed by atoms with van der Waals surface area (Å²) in [4.78, 5) is 24.3. The summed E-state index contributed by atoms with van der Waals surface area (Å²) in [6, 6.07) is 28.7. The molecule has 0 aliphatic carbocycles. The lowest BCUT2D eigenvalue weighted by Crippen LogP contribution is -2.43. The van der Waals surface area contributed by atoms with Crippen LogP contribution in [0.4, 0.5) is 5.69 Å². The van der Waals surface area contributed by atoms with E-state index in [4.69, 9.17) is 4.18 Å². The van der Waals surface area contributed by atoms with Crippen LogP contribution < -0.4 is 14.9 Å². The van der Waals surface area contributed by atoms with Crippen molar-refractivity contribution in [1.29, 1.82) is 0 Å². The average molecular weight is 544 g/mol. The number of nitrogens with one attached hydrogen (secondary N) is 2. The molecule has 0 aliphatic heterocycles. The van der Waals surface area contributed by atoms with Gasteiger partial charge in [-0.3, -0.25) is 9.59 Å². The molecule has 4 aromatic carbocycles. The van der Waals surface area contributed by atoms with Crippen LogP contribution >= 0.6 is 0 Å². The second-order valence-electron chi connectivity index (χ2n) is 8.42. The van der Waals surface area contributed by atoms with Crippen LogP contribution in [0.15, 0.2) is 119 Å². The zero-order chi connectivity index (χ0) is 27.9. The van der Waals surface area contributed by atoms with Crippen molar-refractivity contribution in [3.63, 3.8) is 0 Å². The van der Waals surface area contributed by atoms with E-state index in [9.17, 15) is 23.1 Å². The van der Waals surface area contributed by atoms with Gasteiger partial charge in [-0.05, 0) is 47.5 Å². The van der Waals surface area contributed by atoms with Crippen molar-refractivity contribution in [2.24, 2.45) is 5.10 Å². The minimum absolute atomic E-state index is 0.0252. The molecule has 0 aliphatic rings. The Labute approximate surface area is 225 Å². The topological polar surface area (TPSA) is 134 Å². The first-order valence-corrected chi connectivity index (χ1v) is 13.2. The smallest absolute Gasteiger partial charge is 0.339 e. The first-order chi connectivity index (χ1) is 18.7. The van der Waals surface area contributed by atoms with E-state index >= 15 is 0 Å². The Morgan fingerprint density at radius 3 is 1.92 bits per heavy atom. The van der Waals surface area contributed by atoms with Crippen molar-refractivity contribution in [3.05, 3.63) is 126 Å². The first kappa shape index (κ1) is 27.2. The zero-order valence-corrected chi connectivity index (χ0v) is 21.6. The fraction of sp³-hybridized carbons (Fsp3) is 0.0690. The van der Waals surface area contributed by atoms with Crippen LogP contribution in [-0.4, -0.2) is 31.6 Å². The molecule has 0 unspecified atom stereocenters. The molecule has 0 saturated carbocycles.